The van der Waals surface area contributed by atoms with Crippen LogP contribution in [0, 0.1) is 5.82 Å². The summed E-state index contributed by atoms with van der Waals surface area (Å²) in [6.45, 7) is 3.48. The molecule has 0 unspecified atom stereocenters. The van der Waals surface area contributed by atoms with E-state index < -0.39 is 0 Å². The lowest BCUT2D eigenvalue weighted by atomic mass is 10.2. The van der Waals surface area contributed by atoms with Gasteiger partial charge in [0, 0.05) is 71.8 Å². The highest BCUT2D eigenvalue weighted by molar-refractivity contribution is 5.92. The zero-order chi connectivity index (χ0) is 22.1. The maximum Gasteiger partial charge on any atom is 0.274 e. The number of ether oxygens (including phenoxy) is 1. The summed E-state index contributed by atoms with van der Waals surface area (Å²) in [6, 6.07) is 6.67. The van der Waals surface area contributed by atoms with Crippen LogP contribution in [0.4, 0.5) is 10.1 Å². The highest BCUT2D eigenvalue weighted by atomic mass is 19.1. The van der Waals surface area contributed by atoms with Gasteiger partial charge < -0.3 is 19.4 Å². The van der Waals surface area contributed by atoms with Gasteiger partial charge in [-0.2, -0.15) is 0 Å². The maximum atomic E-state index is 14.0. The van der Waals surface area contributed by atoms with E-state index in [-0.39, 0.29) is 29.7 Å². The Labute approximate surface area is 181 Å². The van der Waals surface area contributed by atoms with Crippen molar-refractivity contribution in [3.8, 4) is 0 Å². The Bertz CT molecular complexity index is 859. The SMILES string of the molecule is COCCCN(CCC(=O)N1CCN(c2ccccc2F)CC1)C(=O)c1cnccn1. The van der Waals surface area contributed by atoms with Crippen LogP contribution in [0.5, 0.6) is 0 Å². The van der Waals surface area contributed by atoms with Gasteiger partial charge in [0.1, 0.15) is 11.5 Å². The van der Waals surface area contributed by atoms with Crippen LogP contribution in [0.15, 0.2) is 42.9 Å². The van der Waals surface area contributed by atoms with E-state index in [1.165, 1.54) is 24.7 Å². The van der Waals surface area contributed by atoms with Crippen molar-refractivity contribution >= 4 is 17.5 Å². The van der Waals surface area contributed by atoms with Gasteiger partial charge in [0.05, 0.1) is 11.9 Å². The lowest BCUT2D eigenvalue weighted by Crippen LogP contribution is -2.49. The molecule has 166 valence electrons. The summed E-state index contributed by atoms with van der Waals surface area (Å²) in [4.78, 5) is 38.9. The highest BCUT2D eigenvalue weighted by Crippen LogP contribution is 2.20. The molecule has 2 amide bonds. The Hall–Kier alpha value is -3.07. The third-order valence-corrected chi connectivity index (χ3v) is 5.27. The van der Waals surface area contributed by atoms with Gasteiger partial charge in [-0.15, -0.1) is 0 Å². The number of anilines is 1. The van der Waals surface area contributed by atoms with Crippen molar-refractivity contribution in [2.45, 2.75) is 12.8 Å². The molecule has 1 fully saturated rings. The number of piperazine rings is 1. The monoisotopic (exact) mass is 429 g/mol. The first-order chi connectivity index (χ1) is 15.1. The fourth-order valence-electron chi connectivity index (χ4n) is 3.58. The molecule has 0 bridgehead atoms. The predicted octanol–water partition coefficient (Wildman–Crippen LogP) is 1.83. The summed E-state index contributed by atoms with van der Waals surface area (Å²) in [5, 5.41) is 0. The van der Waals surface area contributed by atoms with Crippen LogP contribution in [0.1, 0.15) is 23.3 Å². The van der Waals surface area contributed by atoms with Gasteiger partial charge in [0.2, 0.25) is 5.91 Å². The number of halogens is 1. The molecule has 1 aromatic carbocycles. The molecule has 0 saturated carbocycles. The second-order valence-corrected chi connectivity index (χ2v) is 7.30. The Morgan fingerprint density at radius 1 is 1.13 bits per heavy atom. The minimum absolute atomic E-state index is 0.0168. The van der Waals surface area contributed by atoms with Crippen LogP contribution in [-0.2, 0) is 9.53 Å². The minimum Gasteiger partial charge on any atom is -0.385 e. The molecule has 1 aromatic heterocycles. The van der Waals surface area contributed by atoms with Crippen molar-refractivity contribution in [2.24, 2.45) is 0 Å². The topological polar surface area (TPSA) is 78.9 Å². The molecular formula is C22H28FN5O3. The largest absolute Gasteiger partial charge is 0.385 e. The molecule has 2 heterocycles. The van der Waals surface area contributed by atoms with Gasteiger partial charge in [0.15, 0.2) is 0 Å². The number of aromatic nitrogens is 2. The summed E-state index contributed by atoms with van der Waals surface area (Å²) in [6.07, 6.45) is 5.30. The van der Waals surface area contributed by atoms with E-state index in [4.69, 9.17) is 4.74 Å². The molecule has 0 spiro atoms. The number of methoxy groups -OCH3 is 1. The van der Waals surface area contributed by atoms with Crippen LogP contribution in [0.3, 0.4) is 0 Å². The number of hydrogen-bond acceptors (Lipinski definition) is 6. The van der Waals surface area contributed by atoms with Gasteiger partial charge in [-0.05, 0) is 18.6 Å². The first kappa shape index (κ1) is 22.6. The fourth-order valence-corrected chi connectivity index (χ4v) is 3.58. The fraction of sp³-hybridized carbons (Fsp3) is 0.455. The highest BCUT2D eigenvalue weighted by Gasteiger charge is 2.24. The van der Waals surface area contributed by atoms with E-state index in [2.05, 4.69) is 9.97 Å². The third-order valence-electron chi connectivity index (χ3n) is 5.27. The molecule has 3 rings (SSSR count). The van der Waals surface area contributed by atoms with Crippen LogP contribution in [0.2, 0.25) is 0 Å². The average molecular weight is 429 g/mol. The first-order valence-electron chi connectivity index (χ1n) is 10.4. The van der Waals surface area contributed by atoms with Crippen molar-refractivity contribution in [3.63, 3.8) is 0 Å². The van der Waals surface area contributed by atoms with Crippen molar-refractivity contribution in [1.82, 2.24) is 19.8 Å². The number of nitrogens with zero attached hydrogens (tertiary/aromatic N) is 5. The number of para-hydroxylation sites is 1. The molecule has 9 heteroatoms. The molecule has 8 nitrogen and oxygen atoms in total. The Balaban J connectivity index is 1.53. The van der Waals surface area contributed by atoms with Crippen LogP contribution < -0.4 is 4.90 Å². The van der Waals surface area contributed by atoms with Gasteiger partial charge in [-0.25, -0.2) is 9.37 Å². The van der Waals surface area contributed by atoms with Gasteiger partial charge in [-0.1, -0.05) is 12.1 Å². The lowest BCUT2D eigenvalue weighted by Gasteiger charge is -2.36. The van der Waals surface area contributed by atoms with E-state index in [1.54, 1.807) is 29.0 Å². The number of benzene rings is 1. The smallest absolute Gasteiger partial charge is 0.274 e. The van der Waals surface area contributed by atoms with Crippen molar-refractivity contribution < 1.29 is 18.7 Å². The molecule has 0 radical (unpaired) electrons. The van der Waals surface area contributed by atoms with E-state index >= 15 is 0 Å². The summed E-state index contributed by atoms with van der Waals surface area (Å²) in [5.74, 6) is -0.519. The number of rotatable bonds is 9. The summed E-state index contributed by atoms with van der Waals surface area (Å²) >= 11 is 0. The Kier molecular flexibility index (Phi) is 8.28. The quantitative estimate of drug-likeness (QED) is 0.566. The molecule has 1 aliphatic heterocycles. The summed E-state index contributed by atoms with van der Waals surface area (Å²) in [5.41, 5.74) is 0.819. The third kappa shape index (κ3) is 6.21. The van der Waals surface area contributed by atoms with Crippen LogP contribution in [0.25, 0.3) is 0 Å². The number of carbonyl (C=O) groups excluding carboxylic acids is 2. The van der Waals surface area contributed by atoms with Crippen LogP contribution >= 0.6 is 0 Å². The van der Waals surface area contributed by atoms with E-state index in [9.17, 15) is 14.0 Å². The molecule has 0 atom stereocenters. The van der Waals surface area contributed by atoms with Gasteiger partial charge in [0.25, 0.3) is 5.91 Å². The standard InChI is InChI=1S/C22H28FN5O3/c1-31-16-4-10-28(22(30)19-17-24-8-9-25-19)11-7-21(29)27-14-12-26(13-15-27)20-6-3-2-5-18(20)23/h2-3,5-6,8-9,17H,4,7,10-16H2,1H3. The van der Waals surface area contributed by atoms with Gasteiger partial charge in [-0.3, -0.25) is 14.6 Å². The summed E-state index contributed by atoms with van der Waals surface area (Å²) in [7, 11) is 1.61. The molecule has 0 aliphatic carbocycles. The minimum atomic E-state index is -0.253. The van der Waals surface area contributed by atoms with E-state index in [1.807, 2.05) is 11.0 Å². The lowest BCUT2D eigenvalue weighted by molar-refractivity contribution is -0.131. The van der Waals surface area contributed by atoms with Crippen LogP contribution in [-0.4, -0.2) is 84.6 Å². The maximum absolute atomic E-state index is 14.0. The second-order valence-electron chi connectivity index (χ2n) is 7.30. The predicted molar refractivity (Wildman–Crippen MR) is 114 cm³/mol. The molecule has 0 N–H and O–H groups in total. The molecule has 1 aliphatic rings. The van der Waals surface area contributed by atoms with Gasteiger partial charge >= 0.3 is 0 Å². The first-order valence-corrected chi connectivity index (χ1v) is 10.4. The molecule has 31 heavy (non-hydrogen) atoms. The average Bonchev–Trinajstić information content (AvgIpc) is 2.81. The summed E-state index contributed by atoms with van der Waals surface area (Å²) < 4.78 is 19.1. The van der Waals surface area contributed by atoms with Crippen molar-refractivity contribution in [2.75, 3.05) is 57.9 Å². The molecule has 1 saturated heterocycles. The molecular weight excluding hydrogens is 401 g/mol. The van der Waals surface area contributed by atoms with Crippen molar-refractivity contribution in [1.29, 1.82) is 0 Å². The number of carbonyl (C=O) groups is 2. The normalized spacial score (nSPS) is 13.9. The second kappa shape index (κ2) is 11.4. The number of hydrogen-bond donors (Lipinski definition) is 0. The Morgan fingerprint density at radius 3 is 2.58 bits per heavy atom. The number of amides is 2. The molecule has 2 aromatic rings. The zero-order valence-corrected chi connectivity index (χ0v) is 17.7. The van der Waals surface area contributed by atoms with E-state index in [0.717, 1.165) is 0 Å². The zero-order valence-electron chi connectivity index (χ0n) is 17.7. The van der Waals surface area contributed by atoms with Crippen molar-refractivity contribution in [3.05, 3.63) is 54.4 Å². The van der Waals surface area contributed by atoms with E-state index in [0.29, 0.717) is 58.0 Å². The Morgan fingerprint density at radius 2 is 1.90 bits per heavy atom.